The minimum atomic E-state index is -0.260. The van der Waals surface area contributed by atoms with Crippen molar-refractivity contribution in [1.82, 2.24) is 24.3 Å². The number of amides is 2. The van der Waals surface area contributed by atoms with Crippen molar-refractivity contribution in [1.29, 1.82) is 0 Å². The molecular weight excluding hydrogens is 446 g/mol. The zero-order valence-electron chi connectivity index (χ0n) is 20.6. The van der Waals surface area contributed by atoms with Crippen LogP contribution in [0.4, 0.5) is 0 Å². The third-order valence-corrected chi connectivity index (χ3v) is 7.73. The smallest absolute Gasteiger partial charge is 0.290 e. The van der Waals surface area contributed by atoms with Crippen LogP contribution in [0.1, 0.15) is 68.1 Å². The minimum Gasteiger partial charge on any atom is -0.443 e. The molecule has 9 heteroatoms. The van der Waals surface area contributed by atoms with Crippen LogP contribution in [0.25, 0.3) is 22.4 Å². The average Bonchev–Trinajstić information content (AvgIpc) is 3.52. The van der Waals surface area contributed by atoms with Gasteiger partial charge in [-0.25, -0.2) is 9.97 Å². The van der Waals surface area contributed by atoms with Crippen LogP contribution in [0.3, 0.4) is 0 Å². The van der Waals surface area contributed by atoms with Gasteiger partial charge in [-0.1, -0.05) is 13.8 Å². The molecule has 0 spiro atoms. The van der Waals surface area contributed by atoms with E-state index in [2.05, 4.69) is 31.0 Å². The van der Waals surface area contributed by atoms with Crippen molar-refractivity contribution in [2.45, 2.75) is 64.0 Å². The second-order valence-corrected chi connectivity index (χ2v) is 9.88. The number of hydrogen-bond acceptors (Lipinski definition) is 6. The van der Waals surface area contributed by atoms with Gasteiger partial charge in [0.25, 0.3) is 5.91 Å². The van der Waals surface area contributed by atoms with E-state index in [9.17, 15) is 14.7 Å². The Hall–Kier alpha value is -3.20. The fourth-order valence-electron chi connectivity index (χ4n) is 5.31. The number of carbonyl (C=O) groups excluding carboxylic acids is 2. The SMILES string of the molecule is CCC(C)c1cc(-c2cnco2)c2nc(C(=O)N3CCN([C@H]4CC[C@H](O)CC4)C(=O)C3)n(C)c2c1. The van der Waals surface area contributed by atoms with Crippen molar-refractivity contribution in [3.05, 3.63) is 36.1 Å². The van der Waals surface area contributed by atoms with Crippen molar-refractivity contribution in [3.63, 3.8) is 0 Å². The number of carbonyl (C=O) groups is 2. The van der Waals surface area contributed by atoms with Gasteiger partial charge in [0.05, 0.1) is 17.8 Å². The molecule has 9 nitrogen and oxygen atoms in total. The largest absolute Gasteiger partial charge is 0.443 e. The lowest BCUT2D eigenvalue weighted by Crippen LogP contribution is -2.56. The van der Waals surface area contributed by atoms with Gasteiger partial charge >= 0.3 is 0 Å². The minimum absolute atomic E-state index is 0.0360. The second-order valence-electron chi connectivity index (χ2n) is 9.88. The Morgan fingerprint density at radius 2 is 2.00 bits per heavy atom. The van der Waals surface area contributed by atoms with E-state index in [1.54, 1.807) is 11.1 Å². The lowest BCUT2D eigenvalue weighted by molar-refractivity contribution is -0.138. The molecule has 1 N–H and O–H groups in total. The van der Waals surface area contributed by atoms with Gasteiger partial charge < -0.3 is 23.9 Å². The van der Waals surface area contributed by atoms with E-state index in [1.807, 2.05) is 16.5 Å². The average molecular weight is 480 g/mol. The van der Waals surface area contributed by atoms with Crippen molar-refractivity contribution >= 4 is 22.8 Å². The molecule has 0 bridgehead atoms. The number of aliphatic hydroxyl groups excluding tert-OH is 1. The van der Waals surface area contributed by atoms with Gasteiger partial charge in [0.1, 0.15) is 12.1 Å². The van der Waals surface area contributed by atoms with Crippen molar-refractivity contribution in [2.24, 2.45) is 7.05 Å². The van der Waals surface area contributed by atoms with Crippen molar-refractivity contribution in [3.8, 4) is 11.3 Å². The van der Waals surface area contributed by atoms with Crippen LogP contribution in [0.2, 0.25) is 0 Å². The number of aromatic nitrogens is 3. The highest BCUT2D eigenvalue weighted by molar-refractivity contribution is 6.00. The molecule has 0 radical (unpaired) electrons. The predicted octanol–water partition coefficient (Wildman–Crippen LogP) is 3.33. The maximum absolute atomic E-state index is 13.5. The van der Waals surface area contributed by atoms with E-state index < -0.39 is 0 Å². The summed E-state index contributed by atoms with van der Waals surface area (Å²) in [7, 11) is 1.85. The molecule has 35 heavy (non-hydrogen) atoms. The monoisotopic (exact) mass is 479 g/mol. The molecule has 1 aromatic carbocycles. The van der Waals surface area contributed by atoms with Crippen LogP contribution >= 0.6 is 0 Å². The first kappa shape index (κ1) is 23.5. The lowest BCUT2D eigenvalue weighted by Gasteiger charge is -2.41. The summed E-state index contributed by atoms with van der Waals surface area (Å²) in [6.07, 6.45) is 6.86. The van der Waals surface area contributed by atoms with E-state index in [0.717, 1.165) is 48.7 Å². The lowest BCUT2D eigenvalue weighted by atomic mass is 9.91. The highest BCUT2D eigenvalue weighted by Crippen LogP contribution is 2.34. The Bertz CT molecular complexity index is 1230. The third-order valence-electron chi connectivity index (χ3n) is 7.73. The molecular formula is C26H33N5O4. The zero-order chi connectivity index (χ0) is 24.7. The number of imidazole rings is 1. The number of nitrogens with zero attached hydrogens (tertiary/aromatic N) is 5. The van der Waals surface area contributed by atoms with Gasteiger partial charge in [-0.15, -0.1) is 0 Å². The van der Waals surface area contributed by atoms with Crippen molar-refractivity contribution < 1.29 is 19.1 Å². The van der Waals surface area contributed by atoms with Crippen LogP contribution in [-0.4, -0.2) is 73.0 Å². The van der Waals surface area contributed by atoms with Gasteiger partial charge in [0.15, 0.2) is 18.0 Å². The van der Waals surface area contributed by atoms with Crippen LogP contribution < -0.4 is 0 Å². The van der Waals surface area contributed by atoms with Crippen LogP contribution in [0.5, 0.6) is 0 Å². The zero-order valence-corrected chi connectivity index (χ0v) is 20.6. The number of aryl methyl sites for hydroxylation is 1. The highest BCUT2D eigenvalue weighted by atomic mass is 16.3. The Balaban J connectivity index is 1.43. The summed E-state index contributed by atoms with van der Waals surface area (Å²) in [4.78, 5) is 38.8. The van der Waals surface area contributed by atoms with E-state index in [1.165, 1.54) is 6.39 Å². The van der Waals surface area contributed by atoms with Crippen LogP contribution in [0.15, 0.2) is 29.1 Å². The highest BCUT2D eigenvalue weighted by Gasteiger charge is 2.35. The maximum Gasteiger partial charge on any atom is 0.290 e. The molecule has 1 aliphatic heterocycles. The summed E-state index contributed by atoms with van der Waals surface area (Å²) in [6.45, 7) is 5.35. The molecule has 186 valence electrons. The number of benzene rings is 1. The molecule has 1 aliphatic carbocycles. The molecule has 2 aromatic heterocycles. The molecule has 3 heterocycles. The molecule has 1 saturated carbocycles. The summed E-state index contributed by atoms with van der Waals surface area (Å²) >= 11 is 0. The predicted molar refractivity (Wildman–Crippen MR) is 131 cm³/mol. The van der Waals surface area contributed by atoms with Gasteiger partial charge in [-0.3, -0.25) is 9.59 Å². The first-order valence-electron chi connectivity index (χ1n) is 12.5. The van der Waals surface area contributed by atoms with Gasteiger partial charge in [-0.05, 0) is 55.7 Å². The first-order chi connectivity index (χ1) is 16.9. The molecule has 1 unspecified atom stereocenters. The van der Waals surface area contributed by atoms with Crippen LogP contribution in [0, 0.1) is 0 Å². The molecule has 2 aliphatic rings. The van der Waals surface area contributed by atoms with Crippen molar-refractivity contribution in [2.75, 3.05) is 19.6 Å². The number of rotatable bonds is 5. The molecule has 1 atom stereocenters. The Kier molecular flexibility index (Phi) is 6.35. The number of hydrogen-bond donors (Lipinski definition) is 1. The standard InChI is InChI=1S/C26H33N5O4/c1-4-16(2)17-11-20(22-13-27-15-35-22)24-21(12-17)29(3)25(28-24)26(34)30-9-10-31(23(33)14-30)18-5-7-19(32)8-6-18/h11-13,15-16,18-19,32H,4-10,14H2,1-3H3/t16?,18-,19-. The quantitative estimate of drug-likeness (QED) is 0.602. The van der Waals surface area contributed by atoms with Gasteiger partial charge in [-0.2, -0.15) is 0 Å². The molecule has 5 rings (SSSR count). The summed E-state index contributed by atoms with van der Waals surface area (Å²) < 4.78 is 7.41. The summed E-state index contributed by atoms with van der Waals surface area (Å²) in [6, 6.07) is 4.32. The first-order valence-corrected chi connectivity index (χ1v) is 12.5. The Labute approximate surface area is 204 Å². The fourth-order valence-corrected chi connectivity index (χ4v) is 5.31. The topological polar surface area (TPSA) is 105 Å². The molecule has 2 amide bonds. The number of aliphatic hydroxyl groups is 1. The van der Waals surface area contributed by atoms with Gasteiger partial charge in [0, 0.05) is 31.7 Å². The summed E-state index contributed by atoms with van der Waals surface area (Å²) in [5, 5.41) is 9.78. The Morgan fingerprint density at radius 3 is 2.66 bits per heavy atom. The Morgan fingerprint density at radius 1 is 1.23 bits per heavy atom. The normalized spacial score (nSPS) is 22.1. The summed E-state index contributed by atoms with van der Waals surface area (Å²) in [5.41, 5.74) is 3.49. The molecule has 2 fully saturated rings. The molecule has 1 saturated heterocycles. The van der Waals surface area contributed by atoms with E-state index in [4.69, 9.17) is 9.40 Å². The summed E-state index contributed by atoms with van der Waals surface area (Å²) in [5.74, 6) is 0.972. The fraction of sp³-hybridized carbons (Fsp3) is 0.538. The number of piperazine rings is 1. The number of fused-ring (bicyclic) bond motifs is 1. The third kappa shape index (κ3) is 4.33. The number of oxazole rings is 1. The van der Waals surface area contributed by atoms with E-state index in [-0.39, 0.29) is 30.5 Å². The van der Waals surface area contributed by atoms with Gasteiger partial charge in [0.2, 0.25) is 5.91 Å². The van der Waals surface area contributed by atoms with Crippen LogP contribution in [-0.2, 0) is 11.8 Å². The van der Waals surface area contributed by atoms with E-state index in [0.29, 0.717) is 36.1 Å². The maximum atomic E-state index is 13.5. The second kappa shape index (κ2) is 9.45. The molecule has 3 aromatic rings. The van der Waals surface area contributed by atoms with E-state index >= 15 is 0 Å².